The first kappa shape index (κ1) is 14.5. The van der Waals surface area contributed by atoms with E-state index < -0.39 is 16.4 Å². The van der Waals surface area contributed by atoms with E-state index in [4.69, 9.17) is 0 Å². The van der Waals surface area contributed by atoms with Crippen molar-refractivity contribution < 1.29 is 14.8 Å². The lowest BCUT2D eigenvalue weighted by atomic mass is 9.91. The van der Waals surface area contributed by atoms with Crippen molar-refractivity contribution >= 4 is 17.3 Å². The van der Waals surface area contributed by atoms with Gasteiger partial charge in [0.15, 0.2) is 5.54 Å². The predicted molar refractivity (Wildman–Crippen MR) is 78.1 cm³/mol. The predicted octanol–water partition coefficient (Wildman–Crippen LogP) is 3.01. The molecule has 0 saturated heterocycles. The van der Waals surface area contributed by atoms with Crippen LogP contribution in [-0.4, -0.2) is 16.0 Å². The molecular formula is C15H14N2O4. The van der Waals surface area contributed by atoms with Crippen molar-refractivity contribution in [2.45, 2.75) is 12.5 Å². The number of hydrogen-bond acceptors (Lipinski definition) is 4. The molecule has 108 valence electrons. The fourth-order valence-corrected chi connectivity index (χ4v) is 2.01. The maximum Gasteiger partial charge on any atom is 0.333 e. The number of carbonyl (C=O) groups is 1. The first-order valence-corrected chi connectivity index (χ1v) is 6.25. The van der Waals surface area contributed by atoms with Crippen molar-refractivity contribution in [3.05, 3.63) is 70.3 Å². The second-order valence-electron chi connectivity index (χ2n) is 4.73. The normalized spacial score (nSPS) is 13.2. The molecule has 2 aromatic carbocycles. The summed E-state index contributed by atoms with van der Waals surface area (Å²) in [4.78, 5) is 21.9. The molecule has 0 heterocycles. The molecule has 1 unspecified atom stereocenters. The van der Waals surface area contributed by atoms with Crippen molar-refractivity contribution in [1.29, 1.82) is 0 Å². The summed E-state index contributed by atoms with van der Waals surface area (Å²) in [6, 6.07) is 14.4. The number of nitrogens with one attached hydrogen (secondary N) is 1. The minimum absolute atomic E-state index is 0.0965. The Morgan fingerprint density at radius 1 is 1.19 bits per heavy atom. The van der Waals surface area contributed by atoms with Crippen LogP contribution in [0, 0.1) is 10.1 Å². The summed E-state index contributed by atoms with van der Waals surface area (Å²) in [7, 11) is 0. The van der Waals surface area contributed by atoms with Crippen molar-refractivity contribution in [2.24, 2.45) is 0 Å². The third kappa shape index (κ3) is 3.00. The van der Waals surface area contributed by atoms with Crippen LogP contribution in [0.15, 0.2) is 54.6 Å². The van der Waals surface area contributed by atoms with Gasteiger partial charge in [0.2, 0.25) is 0 Å². The van der Waals surface area contributed by atoms with Gasteiger partial charge in [-0.1, -0.05) is 36.4 Å². The molecule has 0 aliphatic heterocycles. The highest BCUT2D eigenvalue weighted by atomic mass is 16.6. The fourth-order valence-electron chi connectivity index (χ4n) is 2.01. The van der Waals surface area contributed by atoms with Crippen molar-refractivity contribution in [2.75, 3.05) is 5.32 Å². The Hall–Kier alpha value is -2.89. The van der Waals surface area contributed by atoms with Crippen LogP contribution in [0.4, 0.5) is 11.4 Å². The van der Waals surface area contributed by atoms with Gasteiger partial charge < -0.3 is 10.4 Å². The highest BCUT2D eigenvalue weighted by Crippen LogP contribution is 2.28. The van der Waals surface area contributed by atoms with Crippen LogP contribution in [0.3, 0.4) is 0 Å². The summed E-state index contributed by atoms with van der Waals surface area (Å²) in [6.45, 7) is 1.52. The summed E-state index contributed by atoms with van der Waals surface area (Å²) in [5.74, 6) is -1.07. The Morgan fingerprint density at radius 2 is 1.86 bits per heavy atom. The molecule has 0 bridgehead atoms. The second-order valence-corrected chi connectivity index (χ2v) is 4.73. The van der Waals surface area contributed by atoms with Crippen LogP contribution >= 0.6 is 0 Å². The highest BCUT2D eigenvalue weighted by Gasteiger charge is 2.35. The Morgan fingerprint density at radius 3 is 2.43 bits per heavy atom. The molecule has 0 aromatic heterocycles. The lowest BCUT2D eigenvalue weighted by Gasteiger charge is -2.27. The van der Waals surface area contributed by atoms with E-state index in [0.29, 0.717) is 11.3 Å². The number of nitro benzene ring substituents is 1. The number of anilines is 1. The first-order valence-electron chi connectivity index (χ1n) is 6.25. The molecule has 0 aliphatic carbocycles. The molecule has 21 heavy (non-hydrogen) atoms. The monoisotopic (exact) mass is 286 g/mol. The van der Waals surface area contributed by atoms with E-state index in [1.165, 1.54) is 25.1 Å². The molecule has 2 rings (SSSR count). The van der Waals surface area contributed by atoms with Crippen molar-refractivity contribution in [1.82, 2.24) is 0 Å². The Kier molecular flexibility index (Phi) is 3.89. The van der Waals surface area contributed by atoms with E-state index in [2.05, 4.69) is 5.32 Å². The van der Waals surface area contributed by atoms with E-state index in [9.17, 15) is 20.0 Å². The molecule has 0 fully saturated rings. The number of benzene rings is 2. The first-order chi connectivity index (χ1) is 9.93. The second kappa shape index (κ2) is 5.62. The molecule has 6 nitrogen and oxygen atoms in total. The molecule has 0 radical (unpaired) electrons. The fraction of sp³-hybridized carbons (Fsp3) is 0.133. The Bertz CT molecular complexity index is 672. The third-order valence-electron chi connectivity index (χ3n) is 3.23. The molecule has 0 spiro atoms. The van der Waals surface area contributed by atoms with Gasteiger partial charge in [-0.2, -0.15) is 0 Å². The summed E-state index contributed by atoms with van der Waals surface area (Å²) >= 11 is 0. The van der Waals surface area contributed by atoms with Crippen molar-refractivity contribution in [3.8, 4) is 0 Å². The number of hydrogen-bond donors (Lipinski definition) is 2. The zero-order chi connectivity index (χ0) is 15.5. The van der Waals surface area contributed by atoms with Crippen molar-refractivity contribution in [3.63, 3.8) is 0 Å². The van der Waals surface area contributed by atoms with Gasteiger partial charge in [-0.25, -0.2) is 4.79 Å². The highest BCUT2D eigenvalue weighted by molar-refractivity contribution is 5.84. The smallest absolute Gasteiger partial charge is 0.333 e. The lowest BCUT2D eigenvalue weighted by Crippen LogP contribution is -2.40. The average molecular weight is 286 g/mol. The van der Waals surface area contributed by atoms with Crippen LogP contribution < -0.4 is 5.32 Å². The van der Waals surface area contributed by atoms with E-state index in [-0.39, 0.29) is 5.69 Å². The Labute approximate surface area is 121 Å². The molecule has 2 N–H and O–H groups in total. The van der Waals surface area contributed by atoms with Crippen LogP contribution in [0.2, 0.25) is 0 Å². The molecule has 2 aromatic rings. The number of carboxylic acid groups (broad SMARTS) is 1. The van der Waals surface area contributed by atoms with Crippen LogP contribution in [-0.2, 0) is 10.3 Å². The quantitative estimate of drug-likeness (QED) is 0.651. The number of nitro groups is 1. The van der Waals surface area contributed by atoms with Crippen LogP contribution in [0.1, 0.15) is 12.5 Å². The molecule has 6 heteroatoms. The van der Waals surface area contributed by atoms with Gasteiger partial charge in [-0.05, 0) is 18.6 Å². The van der Waals surface area contributed by atoms with E-state index in [0.717, 1.165) is 0 Å². The summed E-state index contributed by atoms with van der Waals surface area (Å²) in [6.07, 6.45) is 0. The standard InChI is InChI=1S/C15H14N2O4/c1-15(14(18)19,11-6-3-2-4-7-11)16-12-8-5-9-13(10-12)17(20)21/h2-10,16H,1H3,(H,18,19). The van der Waals surface area contributed by atoms with Gasteiger partial charge in [0, 0.05) is 17.8 Å². The molecule has 0 saturated carbocycles. The van der Waals surface area contributed by atoms with Gasteiger partial charge in [-0.3, -0.25) is 10.1 Å². The van der Waals surface area contributed by atoms with Gasteiger partial charge in [0.25, 0.3) is 5.69 Å². The zero-order valence-electron chi connectivity index (χ0n) is 11.3. The minimum Gasteiger partial charge on any atom is -0.479 e. The maximum atomic E-state index is 11.6. The van der Waals surface area contributed by atoms with E-state index >= 15 is 0 Å². The summed E-state index contributed by atoms with van der Waals surface area (Å²) in [5.41, 5.74) is -0.543. The molecule has 1 atom stereocenters. The molecule has 0 amide bonds. The average Bonchev–Trinajstić information content (AvgIpc) is 2.48. The lowest BCUT2D eigenvalue weighted by molar-refractivity contribution is -0.384. The van der Waals surface area contributed by atoms with Gasteiger partial charge in [-0.15, -0.1) is 0 Å². The maximum absolute atomic E-state index is 11.6. The number of aliphatic carboxylic acids is 1. The van der Waals surface area contributed by atoms with Gasteiger partial charge in [0.05, 0.1) is 4.92 Å². The molecule has 0 aliphatic rings. The van der Waals surface area contributed by atoms with Crippen LogP contribution in [0.25, 0.3) is 0 Å². The number of non-ortho nitro benzene ring substituents is 1. The largest absolute Gasteiger partial charge is 0.479 e. The minimum atomic E-state index is -1.38. The van der Waals surface area contributed by atoms with Crippen LogP contribution in [0.5, 0.6) is 0 Å². The number of rotatable bonds is 5. The topological polar surface area (TPSA) is 92.5 Å². The molecular weight excluding hydrogens is 272 g/mol. The third-order valence-corrected chi connectivity index (χ3v) is 3.23. The Balaban J connectivity index is 2.40. The number of carboxylic acids is 1. The zero-order valence-corrected chi connectivity index (χ0v) is 11.3. The SMILES string of the molecule is CC(Nc1cccc([N+](=O)[O-])c1)(C(=O)O)c1ccccc1. The van der Waals surface area contributed by atoms with Gasteiger partial charge >= 0.3 is 5.97 Å². The summed E-state index contributed by atoms with van der Waals surface area (Å²) < 4.78 is 0. The van der Waals surface area contributed by atoms with E-state index in [1.54, 1.807) is 36.4 Å². The summed E-state index contributed by atoms with van der Waals surface area (Å²) in [5, 5.41) is 23.2. The number of nitrogens with zero attached hydrogens (tertiary/aromatic N) is 1. The van der Waals surface area contributed by atoms with Gasteiger partial charge in [0.1, 0.15) is 0 Å². The van der Waals surface area contributed by atoms with E-state index in [1.807, 2.05) is 0 Å².